The maximum Gasteiger partial charge on any atom is 0.0716 e. The number of hydrogen-bond acceptors (Lipinski definition) is 1. The third kappa shape index (κ3) is 9.80. The second-order valence-corrected chi connectivity index (χ2v) is 5.44. The molecule has 112 valence electrons. The van der Waals surface area contributed by atoms with Gasteiger partial charge in [-0.25, -0.2) is 0 Å². The maximum absolute atomic E-state index is 5.68. The van der Waals surface area contributed by atoms with Crippen molar-refractivity contribution in [1.82, 2.24) is 0 Å². The Balaban J connectivity index is 1.78. The van der Waals surface area contributed by atoms with Crippen molar-refractivity contribution in [2.75, 3.05) is 6.61 Å². The monoisotopic (exact) mass is 274 g/mol. The minimum atomic E-state index is 0.754. The zero-order chi connectivity index (χ0) is 14.3. The molecule has 0 spiro atoms. The molecule has 1 aromatic carbocycles. The maximum atomic E-state index is 5.68. The van der Waals surface area contributed by atoms with Crippen molar-refractivity contribution in [3.8, 4) is 0 Å². The third-order valence-electron chi connectivity index (χ3n) is 3.56. The SMILES string of the molecule is C=CCCCCCCCCCCOCc1ccccc1. The summed E-state index contributed by atoms with van der Waals surface area (Å²) in [5.74, 6) is 0. The van der Waals surface area contributed by atoms with E-state index in [1.54, 1.807) is 0 Å². The lowest BCUT2D eigenvalue weighted by atomic mass is 10.1. The van der Waals surface area contributed by atoms with Gasteiger partial charge in [0.2, 0.25) is 0 Å². The molecule has 1 rings (SSSR count). The minimum Gasteiger partial charge on any atom is -0.377 e. The minimum absolute atomic E-state index is 0.754. The summed E-state index contributed by atoms with van der Waals surface area (Å²) in [7, 11) is 0. The molecular formula is C19H30O. The fraction of sp³-hybridized carbons (Fsp3) is 0.579. The first kappa shape index (κ1) is 17.0. The van der Waals surface area contributed by atoms with E-state index < -0.39 is 0 Å². The first-order valence-electron chi connectivity index (χ1n) is 8.16. The second kappa shape index (κ2) is 12.9. The molecule has 0 amide bonds. The van der Waals surface area contributed by atoms with Gasteiger partial charge < -0.3 is 4.74 Å². The van der Waals surface area contributed by atoms with Crippen LogP contribution in [0, 0.1) is 0 Å². The number of unbranched alkanes of at least 4 members (excludes halogenated alkanes) is 8. The standard InChI is InChI=1S/C19H30O/c1-2-3-4-5-6-7-8-9-10-14-17-20-18-19-15-12-11-13-16-19/h2,11-13,15-16H,1,3-10,14,17-18H2. The first-order chi connectivity index (χ1) is 9.93. The molecule has 0 saturated heterocycles. The quantitative estimate of drug-likeness (QED) is 0.321. The smallest absolute Gasteiger partial charge is 0.0716 e. The lowest BCUT2D eigenvalue weighted by Crippen LogP contribution is -1.95. The van der Waals surface area contributed by atoms with Crippen LogP contribution < -0.4 is 0 Å². The number of allylic oxidation sites excluding steroid dienone is 1. The van der Waals surface area contributed by atoms with Gasteiger partial charge in [0.15, 0.2) is 0 Å². The predicted molar refractivity (Wildman–Crippen MR) is 87.8 cm³/mol. The van der Waals surface area contributed by atoms with Gasteiger partial charge in [-0.3, -0.25) is 0 Å². The average Bonchev–Trinajstić information content (AvgIpc) is 2.49. The fourth-order valence-corrected chi connectivity index (χ4v) is 2.32. The van der Waals surface area contributed by atoms with Crippen molar-refractivity contribution in [3.05, 3.63) is 48.6 Å². The molecule has 0 atom stereocenters. The molecule has 20 heavy (non-hydrogen) atoms. The van der Waals surface area contributed by atoms with Crippen LogP contribution in [-0.4, -0.2) is 6.61 Å². The summed E-state index contributed by atoms with van der Waals surface area (Å²) >= 11 is 0. The topological polar surface area (TPSA) is 9.23 Å². The summed E-state index contributed by atoms with van der Waals surface area (Å²) in [6.07, 6.45) is 13.9. The molecule has 0 bridgehead atoms. The van der Waals surface area contributed by atoms with Crippen LogP contribution in [0.3, 0.4) is 0 Å². The molecular weight excluding hydrogens is 244 g/mol. The highest BCUT2D eigenvalue weighted by Crippen LogP contribution is 2.10. The van der Waals surface area contributed by atoms with Crippen LogP contribution in [0.1, 0.15) is 63.4 Å². The summed E-state index contributed by atoms with van der Waals surface area (Å²) in [4.78, 5) is 0. The lowest BCUT2D eigenvalue weighted by molar-refractivity contribution is 0.116. The van der Waals surface area contributed by atoms with Crippen molar-refractivity contribution < 1.29 is 4.74 Å². The molecule has 0 aromatic heterocycles. The van der Waals surface area contributed by atoms with Crippen LogP contribution in [0.5, 0.6) is 0 Å². The number of ether oxygens (including phenoxy) is 1. The summed E-state index contributed by atoms with van der Waals surface area (Å²) in [6, 6.07) is 10.4. The van der Waals surface area contributed by atoms with Crippen LogP contribution in [0.4, 0.5) is 0 Å². The van der Waals surface area contributed by atoms with Gasteiger partial charge in [-0.15, -0.1) is 6.58 Å². The van der Waals surface area contributed by atoms with Crippen LogP contribution in [0.25, 0.3) is 0 Å². The van der Waals surface area contributed by atoms with E-state index in [-0.39, 0.29) is 0 Å². The van der Waals surface area contributed by atoms with Gasteiger partial charge in [-0.1, -0.05) is 74.9 Å². The van der Waals surface area contributed by atoms with Crippen molar-refractivity contribution in [3.63, 3.8) is 0 Å². The Labute approximate surface area is 125 Å². The Morgan fingerprint density at radius 1 is 0.800 bits per heavy atom. The Kier molecular flexibility index (Phi) is 11.0. The van der Waals surface area contributed by atoms with Crippen LogP contribution in [0.2, 0.25) is 0 Å². The van der Waals surface area contributed by atoms with E-state index in [0.717, 1.165) is 13.2 Å². The zero-order valence-corrected chi connectivity index (χ0v) is 12.9. The van der Waals surface area contributed by atoms with Crippen LogP contribution >= 0.6 is 0 Å². The van der Waals surface area contributed by atoms with E-state index in [9.17, 15) is 0 Å². The Morgan fingerprint density at radius 3 is 2.05 bits per heavy atom. The highest BCUT2D eigenvalue weighted by molar-refractivity contribution is 5.13. The third-order valence-corrected chi connectivity index (χ3v) is 3.56. The van der Waals surface area contributed by atoms with E-state index in [0.29, 0.717) is 0 Å². The number of benzene rings is 1. The Morgan fingerprint density at radius 2 is 1.40 bits per heavy atom. The highest BCUT2D eigenvalue weighted by atomic mass is 16.5. The summed E-state index contributed by atoms with van der Waals surface area (Å²) in [5.41, 5.74) is 1.27. The summed E-state index contributed by atoms with van der Waals surface area (Å²) < 4.78 is 5.68. The van der Waals surface area contributed by atoms with Gasteiger partial charge in [0.25, 0.3) is 0 Å². The fourth-order valence-electron chi connectivity index (χ4n) is 2.32. The molecule has 0 N–H and O–H groups in total. The molecule has 0 aliphatic carbocycles. The molecule has 1 heteroatoms. The van der Waals surface area contributed by atoms with Crippen molar-refractivity contribution >= 4 is 0 Å². The molecule has 1 nitrogen and oxygen atoms in total. The van der Waals surface area contributed by atoms with Gasteiger partial charge in [-0.05, 0) is 24.8 Å². The predicted octanol–water partition coefficient (Wildman–Crippen LogP) is 5.90. The Hall–Kier alpha value is -1.08. The molecule has 0 aliphatic rings. The number of hydrogen-bond donors (Lipinski definition) is 0. The van der Waals surface area contributed by atoms with Crippen LogP contribution in [-0.2, 0) is 11.3 Å². The molecule has 0 fully saturated rings. The Bertz CT molecular complexity index is 318. The molecule has 0 heterocycles. The molecule has 0 saturated carbocycles. The zero-order valence-electron chi connectivity index (χ0n) is 12.9. The van der Waals surface area contributed by atoms with Gasteiger partial charge in [0.1, 0.15) is 0 Å². The van der Waals surface area contributed by atoms with Gasteiger partial charge in [0.05, 0.1) is 6.61 Å². The van der Waals surface area contributed by atoms with E-state index in [1.165, 1.54) is 63.4 Å². The second-order valence-electron chi connectivity index (χ2n) is 5.44. The van der Waals surface area contributed by atoms with E-state index in [1.807, 2.05) is 12.1 Å². The normalized spacial score (nSPS) is 10.6. The largest absolute Gasteiger partial charge is 0.377 e. The lowest BCUT2D eigenvalue weighted by Gasteiger charge is -2.04. The van der Waals surface area contributed by atoms with Crippen molar-refractivity contribution in [2.45, 2.75) is 64.4 Å². The summed E-state index contributed by atoms with van der Waals surface area (Å²) in [5, 5.41) is 0. The van der Waals surface area contributed by atoms with Crippen molar-refractivity contribution in [1.29, 1.82) is 0 Å². The molecule has 0 radical (unpaired) electrons. The molecule has 0 aliphatic heterocycles. The van der Waals surface area contributed by atoms with Crippen molar-refractivity contribution in [2.24, 2.45) is 0 Å². The van der Waals surface area contributed by atoms with Gasteiger partial charge in [0, 0.05) is 6.61 Å². The first-order valence-corrected chi connectivity index (χ1v) is 8.16. The molecule has 1 aromatic rings. The van der Waals surface area contributed by atoms with E-state index in [2.05, 4.69) is 30.8 Å². The van der Waals surface area contributed by atoms with Gasteiger partial charge >= 0.3 is 0 Å². The van der Waals surface area contributed by atoms with Crippen LogP contribution in [0.15, 0.2) is 43.0 Å². The summed E-state index contributed by atoms with van der Waals surface area (Å²) in [6.45, 7) is 5.40. The van der Waals surface area contributed by atoms with E-state index >= 15 is 0 Å². The number of rotatable bonds is 13. The molecule has 0 unspecified atom stereocenters. The van der Waals surface area contributed by atoms with E-state index in [4.69, 9.17) is 4.74 Å². The average molecular weight is 274 g/mol. The van der Waals surface area contributed by atoms with Gasteiger partial charge in [-0.2, -0.15) is 0 Å². The highest BCUT2D eigenvalue weighted by Gasteiger charge is 1.94.